The van der Waals surface area contributed by atoms with Crippen molar-refractivity contribution in [2.75, 3.05) is 26.2 Å². The lowest BCUT2D eigenvalue weighted by Crippen LogP contribution is -2.39. The molecule has 0 N–H and O–H groups in total. The Morgan fingerprint density at radius 2 is 2.08 bits per heavy atom. The van der Waals surface area contributed by atoms with E-state index in [-0.39, 0.29) is 11.9 Å². The maximum Gasteiger partial charge on any atom is 0.274 e. The molecule has 2 aromatic heterocycles. The number of amides is 1. The van der Waals surface area contributed by atoms with Crippen molar-refractivity contribution in [2.24, 2.45) is 5.92 Å². The molecule has 8 nitrogen and oxygen atoms in total. The summed E-state index contributed by atoms with van der Waals surface area (Å²) in [5.41, 5.74) is 1.16. The van der Waals surface area contributed by atoms with Gasteiger partial charge in [-0.1, -0.05) is 19.0 Å². The quantitative estimate of drug-likeness (QED) is 0.826. The van der Waals surface area contributed by atoms with Crippen LogP contribution in [-0.4, -0.2) is 62.0 Å². The Labute approximate surface area is 153 Å². The molecule has 26 heavy (non-hydrogen) atoms. The molecule has 1 saturated heterocycles. The van der Waals surface area contributed by atoms with Crippen LogP contribution < -0.4 is 0 Å². The summed E-state index contributed by atoms with van der Waals surface area (Å²) in [7, 11) is 0. The SMILES string of the molecule is Cc1cnc(C(=O)N2CCCN(CC(C)C)C(c3nc(C)no3)C2)cn1. The first-order valence-electron chi connectivity index (χ1n) is 9.06. The number of carbonyl (C=O) groups is 1. The molecule has 0 aliphatic carbocycles. The van der Waals surface area contributed by atoms with E-state index in [1.54, 1.807) is 19.3 Å². The largest absolute Gasteiger partial charge is 0.338 e. The lowest BCUT2D eigenvalue weighted by molar-refractivity contribution is 0.0702. The zero-order valence-electron chi connectivity index (χ0n) is 15.8. The Kier molecular flexibility index (Phi) is 5.61. The summed E-state index contributed by atoms with van der Waals surface area (Å²) in [6.45, 7) is 11.0. The molecule has 0 spiro atoms. The van der Waals surface area contributed by atoms with E-state index in [0.29, 0.717) is 36.4 Å². The first kappa shape index (κ1) is 18.4. The van der Waals surface area contributed by atoms with E-state index in [0.717, 1.165) is 25.2 Å². The van der Waals surface area contributed by atoms with E-state index in [1.165, 1.54) is 0 Å². The fourth-order valence-electron chi connectivity index (χ4n) is 3.26. The van der Waals surface area contributed by atoms with Crippen LogP contribution in [0.5, 0.6) is 0 Å². The summed E-state index contributed by atoms with van der Waals surface area (Å²) in [4.78, 5) is 29.9. The molecule has 1 atom stereocenters. The van der Waals surface area contributed by atoms with E-state index >= 15 is 0 Å². The summed E-state index contributed by atoms with van der Waals surface area (Å²) in [6.07, 6.45) is 4.05. The Balaban J connectivity index is 1.84. The normalized spacial score (nSPS) is 19.0. The fraction of sp³-hybridized carbons (Fsp3) is 0.611. The van der Waals surface area contributed by atoms with Crippen LogP contribution in [0.4, 0.5) is 0 Å². The van der Waals surface area contributed by atoms with Crippen LogP contribution in [0.25, 0.3) is 0 Å². The number of rotatable bonds is 4. The van der Waals surface area contributed by atoms with Gasteiger partial charge in [0.25, 0.3) is 5.91 Å². The van der Waals surface area contributed by atoms with Gasteiger partial charge in [0.05, 0.1) is 11.9 Å². The van der Waals surface area contributed by atoms with Crippen LogP contribution in [0, 0.1) is 19.8 Å². The number of hydrogen-bond acceptors (Lipinski definition) is 7. The third-order valence-electron chi connectivity index (χ3n) is 4.42. The minimum Gasteiger partial charge on any atom is -0.338 e. The third-order valence-corrected chi connectivity index (χ3v) is 4.42. The molecule has 8 heteroatoms. The topological polar surface area (TPSA) is 88.3 Å². The number of carbonyl (C=O) groups excluding carboxylic acids is 1. The van der Waals surface area contributed by atoms with Crippen molar-refractivity contribution >= 4 is 5.91 Å². The molecule has 0 saturated carbocycles. The maximum atomic E-state index is 12.9. The van der Waals surface area contributed by atoms with Crippen molar-refractivity contribution in [3.8, 4) is 0 Å². The zero-order valence-corrected chi connectivity index (χ0v) is 15.8. The van der Waals surface area contributed by atoms with Gasteiger partial charge < -0.3 is 9.42 Å². The van der Waals surface area contributed by atoms with Gasteiger partial charge >= 0.3 is 0 Å². The van der Waals surface area contributed by atoms with Gasteiger partial charge in [-0.25, -0.2) is 4.98 Å². The molecule has 1 aliphatic rings. The highest BCUT2D eigenvalue weighted by atomic mass is 16.5. The molecule has 1 aliphatic heterocycles. The smallest absolute Gasteiger partial charge is 0.274 e. The highest BCUT2D eigenvalue weighted by Crippen LogP contribution is 2.25. The zero-order chi connectivity index (χ0) is 18.7. The molecule has 140 valence electrons. The number of aromatic nitrogens is 4. The summed E-state index contributed by atoms with van der Waals surface area (Å²) >= 11 is 0. The highest BCUT2D eigenvalue weighted by molar-refractivity contribution is 5.92. The molecule has 1 fully saturated rings. The first-order chi connectivity index (χ1) is 12.4. The molecule has 0 radical (unpaired) electrons. The van der Waals surface area contributed by atoms with Gasteiger partial charge in [0.15, 0.2) is 5.82 Å². The van der Waals surface area contributed by atoms with Crippen molar-refractivity contribution in [1.29, 1.82) is 0 Å². The fourth-order valence-corrected chi connectivity index (χ4v) is 3.26. The van der Waals surface area contributed by atoms with E-state index < -0.39 is 0 Å². The molecule has 3 heterocycles. The monoisotopic (exact) mass is 358 g/mol. The molecule has 2 aromatic rings. The van der Waals surface area contributed by atoms with Gasteiger partial charge in [-0.3, -0.25) is 14.7 Å². The van der Waals surface area contributed by atoms with Gasteiger partial charge in [0, 0.05) is 32.4 Å². The van der Waals surface area contributed by atoms with Crippen molar-refractivity contribution < 1.29 is 9.32 Å². The lowest BCUT2D eigenvalue weighted by Gasteiger charge is -2.30. The van der Waals surface area contributed by atoms with Crippen LogP contribution >= 0.6 is 0 Å². The summed E-state index contributed by atoms with van der Waals surface area (Å²) in [6, 6.07) is -0.108. The van der Waals surface area contributed by atoms with Crippen molar-refractivity contribution in [3.63, 3.8) is 0 Å². The summed E-state index contributed by atoms with van der Waals surface area (Å²) < 4.78 is 5.45. The van der Waals surface area contributed by atoms with E-state index in [4.69, 9.17) is 4.52 Å². The molecule has 1 amide bonds. The van der Waals surface area contributed by atoms with Crippen LogP contribution in [0.15, 0.2) is 16.9 Å². The van der Waals surface area contributed by atoms with Crippen LogP contribution in [-0.2, 0) is 0 Å². The maximum absolute atomic E-state index is 12.9. The standard InChI is InChI=1S/C18H26N6O2/c1-12(2)10-23-6-5-7-24(11-16(23)17-21-14(4)22-26-17)18(25)15-9-19-13(3)8-20-15/h8-9,12,16H,5-7,10-11H2,1-4H3. The van der Waals surface area contributed by atoms with Gasteiger partial charge in [0.1, 0.15) is 11.7 Å². The first-order valence-corrected chi connectivity index (χ1v) is 9.06. The number of hydrogen-bond donors (Lipinski definition) is 0. The second-order valence-electron chi connectivity index (χ2n) is 7.23. The lowest BCUT2D eigenvalue weighted by atomic mass is 10.1. The molecular formula is C18H26N6O2. The Hall–Kier alpha value is -2.35. The average Bonchev–Trinajstić information content (AvgIpc) is 2.92. The van der Waals surface area contributed by atoms with Crippen LogP contribution in [0.2, 0.25) is 0 Å². The minimum absolute atomic E-state index is 0.106. The predicted molar refractivity (Wildman–Crippen MR) is 95.5 cm³/mol. The minimum atomic E-state index is -0.108. The Bertz CT molecular complexity index is 742. The number of aryl methyl sites for hydroxylation is 2. The second-order valence-corrected chi connectivity index (χ2v) is 7.23. The molecular weight excluding hydrogens is 332 g/mol. The van der Waals surface area contributed by atoms with Gasteiger partial charge in [-0.05, 0) is 26.2 Å². The molecule has 3 rings (SSSR count). The van der Waals surface area contributed by atoms with Gasteiger partial charge in [-0.2, -0.15) is 4.98 Å². The van der Waals surface area contributed by atoms with Gasteiger partial charge in [-0.15, -0.1) is 0 Å². The molecule has 0 bridgehead atoms. The van der Waals surface area contributed by atoms with Crippen molar-refractivity contribution in [1.82, 2.24) is 29.9 Å². The van der Waals surface area contributed by atoms with Crippen molar-refractivity contribution in [2.45, 2.75) is 40.2 Å². The highest BCUT2D eigenvalue weighted by Gasteiger charge is 2.33. The summed E-state index contributed by atoms with van der Waals surface area (Å²) in [5, 5.41) is 3.94. The van der Waals surface area contributed by atoms with E-state index in [9.17, 15) is 4.79 Å². The van der Waals surface area contributed by atoms with E-state index in [1.807, 2.05) is 11.8 Å². The third kappa shape index (κ3) is 4.24. The molecule has 0 aromatic carbocycles. The predicted octanol–water partition coefficient (Wildman–Crippen LogP) is 2.02. The van der Waals surface area contributed by atoms with Crippen molar-refractivity contribution in [3.05, 3.63) is 35.5 Å². The molecule has 1 unspecified atom stereocenters. The van der Waals surface area contributed by atoms with Crippen LogP contribution in [0.3, 0.4) is 0 Å². The number of nitrogens with zero attached hydrogens (tertiary/aromatic N) is 6. The van der Waals surface area contributed by atoms with E-state index in [2.05, 4.69) is 38.9 Å². The Morgan fingerprint density at radius 3 is 2.69 bits per heavy atom. The summed E-state index contributed by atoms with van der Waals surface area (Å²) in [5.74, 6) is 1.57. The Morgan fingerprint density at radius 1 is 1.27 bits per heavy atom. The second kappa shape index (κ2) is 7.90. The van der Waals surface area contributed by atoms with Crippen LogP contribution in [0.1, 0.15) is 54.2 Å². The van der Waals surface area contributed by atoms with Gasteiger partial charge in [0.2, 0.25) is 5.89 Å². The average molecular weight is 358 g/mol.